The van der Waals surface area contributed by atoms with Crippen LogP contribution in [0.2, 0.25) is 0 Å². The largest absolute Gasteiger partial charge is 0.479 e. The lowest BCUT2D eigenvalue weighted by Crippen LogP contribution is -2.41. The highest BCUT2D eigenvalue weighted by molar-refractivity contribution is 5.83. The van der Waals surface area contributed by atoms with Gasteiger partial charge in [-0.2, -0.15) is 4.89 Å². The van der Waals surface area contributed by atoms with E-state index in [0.29, 0.717) is 0 Å². The van der Waals surface area contributed by atoms with E-state index in [4.69, 9.17) is 20.6 Å². The molecule has 4 N–H and O–H groups in total. The van der Waals surface area contributed by atoms with E-state index in [1.807, 2.05) is 0 Å². The van der Waals surface area contributed by atoms with Crippen molar-refractivity contribution in [1.82, 2.24) is 0 Å². The van der Waals surface area contributed by atoms with Crippen molar-refractivity contribution < 1.29 is 40.1 Å². The van der Waals surface area contributed by atoms with Crippen molar-refractivity contribution in [1.29, 1.82) is 0 Å². The van der Waals surface area contributed by atoms with Gasteiger partial charge < -0.3 is 15.3 Å². The zero-order valence-electron chi connectivity index (χ0n) is 5.58. The summed E-state index contributed by atoms with van der Waals surface area (Å²) in [6.07, 6.45) is -4.48. The molecule has 2 atom stereocenters. The minimum Gasteiger partial charge on any atom is -0.479 e. The number of carbonyl (C=O) groups is 2. The molecule has 0 radical (unpaired) electrons. The summed E-state index contributed by atoms with van der Waals surface area (Å²) < 4.78 is 0. The second kappa shape index (κ2) is 4.62. The first-order valence-electron chi connectivity index (χ1n) is 2.61. The molecule has 0 aromatic rings. The Morgan fingerprint density at radius 1 is 1.17 bits per heavy atom. The zero-order chi connectivity index (χ0) is 9.72. The lowest BCUT2D eigenvalue weighted by molar-refractivity contribution is -0.505. The second-order valence-corrected chi connectivity index (χ2v) is 1.71. The van der Waals surface area contributed by atoms with Gasteiger partial charge in [0.15, 0.2) is 6.10 Å². The van der Waals surface area contributed by atoms with E-state index < -0.39 is 24.1 Å². The fraction of sp³-hybridized carbons (Fsp3) is 0.500. The van der Waals surface area contributed by atoms with Gasteiger partial charge in [-0.15, -0.1) is 0 Å². The van der Waals surface area contributed by atoms with Gasteiger partial charge in [0.25, 0.3) is 0 Å². The minimum absolute atomic E-state index is 1.78. The van der Waals surface area contributed by atoms with Crippen LogP contribution in [0.15, 0.2) is 0 Å². The lowest BCUT2D eigenvalue weighted by atomic mass is 10.2. The van der Waals surface area contributed by atoms with Crippen LogP contribution in [0, 0.1) is 0 Å². The van der Waals surface area contributed by atoms with Crippen molar-refractivity contribution in [3.05, 3.63) is 0 Å². The molecule has 0 aromatic carbocycles. The molecule has 0 saturated heterocycles. The van der Waals surface area contributed by atoms with E-state index >= 15 is 0 Å². The molecule has 8 heteroatoms. The summed E-state index contributed by atoms with van der Waals surface area (Å²) in [5.41, 5.74) is 0. The van der Waals surface area contributed by atoms with Gasteiger partial charge in [-0.1, -0.05) is 5.04 Å². The van der Waals surface area contributed by atoms with Gasteiger partial charge in [0, 0.05) is 0 Å². The second-order valence-electron chi connectivity index (χ2n) is 1.71. The molecule has 0 aliphatic rings. The Bertz CT molecular complexity index is 176. The molecule has 0 heterocycles. The summed E-state index contributed by atoms with van der Waals surface area (Å²) in [6.45, 7) is 0. The Balaban J connectivity index is 4.28. The van der Waals surface area contributed by atoms with Gasteiger partial charge in [-0.3, -0.25) is 0 Å². The Labute approximate surface area is 65.4 Å². The molecule has 0 saturated carbocycles. The molecule has 0 amide bonds. The molecule has 0 spiro atoms. The summed E-state index contributed by atoms with van der Waals surface area (Å²) in [4.78, 5) is 23.6. The third-order valence-electron chi connectivity index (χ3n) is 0.930. The molecule has 0 aliphatic carbocycles. The molecule has 70 valence electrons. The third kappa shape index (κ3) is 2.80. The summed E-state index contributed by atoms with van der Waals surface area (Å²) in [6, 6.07) is 0. The average molecular weight is 182 g/mol. The van der Waals surface area contributed by atoms with Crippen LogP contribution in [-0.4, -0.2) is 44.7 Å². The van der Waals surface area contributed by atoms with Crippen LogP contribution in [0.1, 0.15) is 0 Å². The first-order valence-corrected chi connectivity index (χ1v) is 2.61. The zero-order valence-corrected chi connectivity index (χ0v) is 5.58. The quantitative estimate of drug-likeness (QED) is 0.292. The highest BCUT2D eigenvalue weighted by Gasteiger charge is 2.34. The number of carboxylic acid groups (broad SMARTS) is 2. The number of rotatable bonds is 5. The smallest absolute Gasteiger partial charge is 0.339 e. The van der Waals surface area contributed by atoms with Gasteiger partial charge in [-0.25, -0.2) is 14.8 Å². The van der Waals surface area contributed by atoms with Gasteiger partial charge in [0.05, 0.1) is 0 Å². The highest BCUT2D eigenvalue weighted by atomic mass is 17.5. The number of aliphatic hydroxyl groups excluding tert-OH is 1. The Kier molecular flexibility index (Phi) is 4.15. The predicted molar refractivity (Wildman–Crippen MR) is 29.9 cm³/mol. The van der Waals surface area contributed by atoms with Crippen molar-refractivity contribution in [3.63, 3.8) is 0 Å². The Hall–Kier alpha value is -1.22. The topological polar surface area (TPSA) is 134 Å². The molecule has 2 unspecified atom stereocenters. The lowest BCUT2D eigenvalue weighted by Gasteiger charge is -2.11. The maximum absolute atomic E-state index is 10.1. The molecule has 0 aliphatic heterocycles. The van der Waals surface area contributed by atoms with Crippen molar-refractivity contribution >= 4 is 11.9 Å². The van der Waals surface area contributed by atoms with Crippen LogP contribution in [-0.2, 0) is 19.5 Å². The number of aliphatic hydroxyl groups is 1. The van der Waals surface area contributed by atoms with E-state index in [9.17, 15) is 9.59 Å². The first-order chi connectivity index (χ1) is 5.50. The van der Waals surface area contributed by atoms with Crippen molar-refractivity contribution in [3.8, 4) is 0 Å². The van der Waals surface area contributed by atoms with E-state index in [1.54, 1.807) is 0 Å². The molecule has 0 rings (SSSR count). The van der Waals surface area contributed by atoms with E-state index in [2.05, 4.69) is 9.93 Å². The third-order valence-corrected chi connectivity index (χ3v) is 0.930. The fourth-order valence-corrected chi connectivity index (χ4v) is 0.405. The normalized spacial score (nSPS) is 15.2. The minimum atomic E-state index is -2.31. The van der Waals surface area contributed by atoms with Gasteiger partial charge in [-0.05, 0) is 0 Å². The molecular weight excluding hydrogens is 176 g/mol. The molecule has 0 bridgehead atoms. The van der Waals surface area contributed by atoms with Crippen LogP contribution < -0.4 is 0 Å². The maximum atomic E-state index is 10.1. The average Bonchev–Trinajstić information content (AvgIpc) is 1.98. The van der Waals surface area contributed by atoms with Crippen molar-refractivity contribution in [2.75, 3.05) is 0 Å². The van der Waals surface area contributed by atoms with Crippen LogP contribution >= 0.6 is 0 Å². The number of aliphatic carboxylic acids is 2. The maximum Gasteiger partial charge on any atom is 0.339 e. The first kappa shape index (κ1) is 10.8. The van der Waals surface area contributed by atoms with E-state index in [0.717, 1.165) is 0 Å². The van der Waals surface area contributed by atoms with Gasteiger partial charge >= 0.3 is 11.9 Å². The van der Waals surface area contributed by atoms with Crippen LogP contribution in [0.25, 0.3) is 0 Å². The van der Waals surface area contributed by atoms with E-state index in [1.165, 1.54) is 0 Å². The fourth-order valence-electron chi connectivity index (χ4n) is 0.405. The highest BCUT2D eigenvalue weighted by Crippen LogP contribution is 2.00. The monoisotopic (exact) mass is 182 g/mol. The van der Waals surface area contributed by atoms with Gasteiger partial charge in [0.2, 0.25) is 6.10 Å². The van der Waals surface area contributed by atoms with Crippen LogP contribution in [0.5, 0.6) is 0 Å². The van der Waals surface area contributed by atoms with Crippen LogP contribution in [0.3, 0.4) is 0 Å². The number of carboxylic acids is 2. The summed E-state index contributed by atoms with van der Waals surface area (Å²) in [5.74, 6) is -3.58. The van der Waals surface area contributed by atoms with Crippen molar-refractivity contribution in [2.24, 2.45) is 0 Å². The molecular formula is C4H6O8. The summed E-state index contributed by atoms with van der Waals surface area (Å²) in [7, 11) is 0. The Morgan fingerprint density at radius 3 is 1.92 bits per heavy atom. The van der Waals surface area contributed by atoms with Gasteiger partial charge in [0.1, 0.15) is 0 Å². The Morgan fingerprint density at radius 2 is 1.67 bits per heavy atom. The number of hydrogen-bond acceptors (Lipinski definition) is 6. The molecule has 0 fully saturated rings. The SMILES string of the molecule is O=C(O)C(O)C(OOO)C(=O)O. The van der Waals surface area contributed by atoms with Crippen molar-refractivity contribution in [2.45, 2.75) is 12.2 Å². The predicted octanol–water partition coefficient (Wildman–Crippen LogP) is -1.69. The summed E-state index contributed by atoms with van der Waals surface area (Å²) >= 11 is 0. The molecule has 8 nitrogen and oxygen atoms in total. The number of hydrogen-bond donors (Lipinski definition) is 4. The van der Waals surface area contributed by atoms with Crippen LogP contribution in [0.4, 0.5) is 0 Å². The molecule has 0 aromatic heterocycles. The van der Waals surface area contributed by atoms with E-state index in [-0.39, 0.29) is 0 Å². The standard InChI is InChI=1S/C4H6O8/c5-1(3(6)7)2(4(8)9)11-12-10/h1-2,5,10H,(H,6,7)(H,8,9). The summed E-state index contributed by atoms with van der Waals surface area (Å²) in [5, 5.41) is 35.4. The molecule has 12 heavy (non-hydrogen) atoms.